The summed E-state index contributed by atoms with van der Waals surface area (Å²) in [5, 5.41) is 0.666. The number of nitrogens with two attached hydrogens (primary N) is 1. The van der Waals surface area contributed by atoms with Crippen molar-refractivity contribution >= 4 is 23.2 Å². The molecule has 3 heterocycles. The van der Waals surface area contributed by atoms with Gasteiger partial charge < -0.3 is 15.5 Å². The van der Waals surface area contributed by atoms with Crippen molar-refractivity contribution in [2.75, 3.05) is 20.6 Å². The van der Waals surface area contributed by atoms with Gasteiger partial charge in [-0.2, -0.15) is 0 Å². The van der Waals surface area contributed by atoms with Crippen molar-refractivity contribution in [3.8, 4) is 10.4 Å². The fourth-order valence-electron chi connectivity index (χ4n) is 4.32. The molecule has 1 aliphatic heterocycles. The number of primary amides is 1. The van der Waals surface area contributed by atoms with E-state index in [1.54, 1.807) is 11.1 Å². The molecule has 31 heavy (non-hydrogen) atoms. The van der Waals surface area contributed by atoms with Crippen molar-refractivity contribution in [1.82, 2.24) is 19.8 Å². The number of likely N-dealkylation sites (tertiary alicyclic amines) is 1. The fraction of sp³-hybridized carbons (Fsp3) is 0.565. The maximum atomic E-state index is 13.0. The molecule has 166 valence electrons. The summed E-state index contributed by atoms with van der Waals surface area (Å²) >= 11 is 1.43. The monoisotopic (exact) mass is 444 g/mol. The molecule has 7 nitrogen and oxygen atoms in total. The Morgan fingerprint density at radius 3 is 2.84 bits per heavy atom. The Hall–Kier alpha value is -2.32. The van der Waals surface area contributed by atoms with E-state index in [4.69, 9.17) is 14.8 Å². The molecule has 2 amide bonds. The van der Waals surface area contributed by atoms with Crippen LogP contribution in [0.3, 0.4) is 0 Å². The van der Waals surface area contributed by atoms with Crippen LogP contribution in [0.5, 0.6) is 0 Å². The van der Waals surface area contributed by atoms with Gasteiger partial charge in [0.2, 0.25) is 11.8 Å². The van der Waals surface area contributed by atoms with Gasteiger partial charge in [0.1, 0.15) is 11.0 Å². The molecule has 1 atom stereocenters. The van der Waals surface area contributed by atoms with E-state index in [1.807, 2.05) is 31.1 Å². The van der Waals surface area contributed by atoms with Gasteiger partial charge in [0, 0.05) is 34.5 Å². The number of carbonyl (C=O) groups excluding carboxylic acids is 2. The number of amides is 2. The number of rotatable bonds is 7. The summed E-state index contributed by atoms with van der Waals surface area (Å²) in [6, 6.07) is 3.21. The topological polar surface area (TPSA) is 92.4 Å². The summed E-state index contributed by atoms with van der Waals surface area (Å²) < 4.78 is 24.3. The minimum absolute atomic E-state index is 0.103. The van der Waals surface area contributed by atoms with Crippen LogP contribution in [0.4, 0.5) is 0 Å². The molecule has 0 radical (unpaired) electrons. The lowest BCUT2D eigenvalue weighted by Gasteiger charge is -2.37. The van der Waals surface area contributed by atoms with Crippen molar-refractivity contribution in [2.45, 2.75) is 63.4 Å². The second kappa shape index (κ2) is 8.67. The third-order valence-corrected chi connectivity index (χ3v) is 7.28. The fourth-order valence-corrected chi connectivity index (χ4v) is 5.38. The second-order valence-electron chi connectivity index (χ2n) is 8.81. The summed E-state index contributed by atoms with van der Waals surface area (Å²) in [5.41, 5.74) is 6.88. The van der Waals surface area contributed by atoms with Crippen LogP contribution < -0.4 is 5.73 Å². The highest BCUT2D eigenvalue weighted by atomic mass is 32.1. The van der Waals surface area contributed by atoms with E-state index in [1.165, 1.54) is 11.3 Å². The number of pyridine rings is 1. The molecule has 0 spiro atoms. The van der Waals surface area contributed by atoms with Crippen molar-refractivity contribution in [3.05, 3.63) is 34.7 Å². The lowest BCUT2D eigenvalue weighted by molar-refractivity contribution is -0.136. The molecule has 1 saturated heterocycles. The number of carbonyl (C=O) groups is 2. The maximum absolute atomic E-state index is 13.0. The average Bonchev–Trinajstić information content (AvgIpc) is 3.33. The summed E-state index contributed by atoms with van der Waals surface area (Å²) in [7, 11) is 3.90. The predicted octanol–water partition coefficient (Wildman–Crippen LogP) is 2.73. The van der Waals surface area contributed by atoms with Crippen LogP contribution in [0, 0.1) is 0 Å². The van der Waals surface area contributed by atoms with Gasteiger partial charge in [-0.15, -0.1) is 11.3 Å². The molecule has 0 bridgehead atoms. The van der Waals surface area contributed by atoms with E-state index >= 15 is 0 Å². The minimum atomic E-state index is -2.11. The van der Waals surface area contributed by atoms with Crippen molar-refractivity contribution in [3.63, 3.8) is 0 Å². The zero-order valence-electron chi connectivity index (χ0n) is 21.1. The first-order chi connectivity index (χ1) is 16.0. The predicted molar refractivity (Wildman–Crippen MR) is 122 cm³/mol. The van der Waals surface area contributed by atoms with Gasteiger partial charge in [-0.1, -0.05) is 13.3 Å². The SMILES string of the molecule is [2H]C([2H])([2H])C1(c2cc(-c3sc(CC(=O)N4CCC[C@H]4C(N)=O)nc3CN(C)C)ccn2)CCC1. The molecule has 1 saturated carbocycles. The van der Waals surface area contributed by atoms with Crippen LogP contribution in [0.25, 0.3) is 10.4 Å². The smallest absolute Gasteiger partial charge is 0.240 e. The molecule has 8 heteroatoms. The van der Waals surface area contributed by atoms with Gasteiger partial charge in [0.15, 0.2) is 0 Å². The zero-order valence-corrected chi connectivity index (χ0v) is 18.9. The summed E-state index contributed by atoms with van der Waals surface area (Å²) in [5.74, 6) is -0.619. The van der Waals surface area contributed by atoms with E-state index in [2.05, 4.69) is 4.98 Å². The molecule has 2 aromatic rings. The average molecular weight is 445 g/mol. The van der Waals surface area contributed by atoms with E-state index in [0.717, 1.165) is 29.0 Å². The first-order valence-electron chi connectivity index (χ1n) is 12.2. The maximum Gasteiger partial charge on any atom is 0.240 e. The number of thiazole rings is 1. The standard InChI is InChI=1S/C23H31N5O2S/c1-23(8-5-9-23)18-12-15(7-10-25-18)21-16(14-27(2)3)26-19(31-21)13-20(29)28-11-4-6-17(28)22(24)30/h7,10,12,17H,4-6,8-9,11,13-14H2,1-3H3,(H2,24,30)/t17-/m0/s1/i1D3. The highest BCUT2D eigenvalue weighted by Gasteiger charge is 2.35. The number of aromatic nitrogens is 2. The van der Waals surface area contributed by atoms with Gasteiger partial charge >= 0.3 is 0 Å². The molecule has 0 aromatic carbocycles. The minimum Gasteiger partial charge on any atom is -0.368 e. The molecule has 0 unspecified atom stereocenters. The van der Waals surface area contributed by atoms with Crippen LogP contribution in [0.1, 0.15) is 59.5 Å². The van der Waals surface area contributed by atoms with Gasteiger partial charge in [-0.05, 0) is 57.5 Å². The Bertz CT molecular complexity index is 1080. The molecule has 2 aromatic heterocycles. The van der Waals surface area contributed by atoms with Gasteiger partial charge in [0.05, 0.1) is 17.0 Å². The van der Waals surface area contributed by atoms with Crippen LogP contribution in [0.15, 0.2) is 18.3 Å². The lowest BCUT2D eigenvalue weighted by Crippen LogP contribution is -2.44. The third kappa shape index (κ3) is 4.50. The highest BCUT2D eigenvalue weighted by Crippen LogP contribution is 2.43. The van der Waals surface area contributed by atoms with E-state index in [0.29, 0.717) is 43.1 Å². The number of hydrogen-bond acceptors (Lipinski definition) is 6. The molecule has 2 fully saturated rings. The van der Waals surface area contributed by atoms with Crippen molar-refractivity contribution in [2.24, 2.45) is 5.73 Å². The Kier molecular flexibility index (Phi) is 5.11. The lowest BCUT2D eigenvalue weighted by atomic mass is 9.68. The zero-order chi connectivity index (χ0) is 24.7. The van der Waals surface area contributed by atoms with Crippen LogP contribution >= 0.6 is 11.3 Å². The first-order valence-corrected chi connectivity index (χ1v) is 11.5. The Balaban J connectivity index is 1.65. The van der Waals surface area contributed by atoms with Crippen LogP contribution in [-0.2, 0) is 28.0 Å². The van der Waals surface area contributed by atoms with Crippen molar-refractivity contribution < 1.29 is 13.7 Å². The Morgan fingerprint density at radius 2 is 2.19 bits per heavy atom. The largest absolute Gasteiger partial charge is 0.368 e. The summed E-state index contributed by atoms with van der Waals surface area (Å²) in [4.78, 5) is 38.4. The van der Waals surface area contributed by atoms with Gasteiger partial charge in [-0.3, -0.25) is 14.6 Å². The van der Waals surface area contributed by atoms with E-state index < -0.39 is 24.2 Å². The summed E-state index contributed by atoms with van der Waals surface area (Å²) in [6.07, 6.45) is 5.22. The Morgan fingerprint density at radius 1 is 1.39 bits per heavy atom. The molecule has 2 aliphatic rings. The molecular formula is C23H31N5O2S. The first kappa shape index (κ1) is 18.3. The summed E-state index contributed by atoms with van der Waals surface area (Å²) in [6.45, 7) is -1.00. The van der Waals surface area contributed by atoms with Crippen LogP contribution in [0.2, 0.25) is 0 Å². The number of hydrogen-bond donors (Lipinski definition) is 1. The number of nitrogens with zero attached hydrogens (tertiary/aromatic N) is 4. The van der Waals surface area contributed by atoms with Gasteiger partial charge in [0.25, 0.3) is 0 Å². The molecular weight excluding hydrogens is 410 g/mol. The second-order valence-corrected chi connectivity index (χ2v) is 9.89. The van der Waals surface area contributed by atoms with E-state index in [9.17, 15) is 9.59 Å². The van der Waals surface area contributed by atoms with Crippen LogP contribution in [-0.4, -0.2) is 58.3 Å². The molecule has 2 N–H and O–H groups in total. The Labute approximate surface area is 191 Å². The molecule has 4 rings (SSSR count). The van der Waals surface area contributed by atoms with Gasteiger partial charge in [-0.25, -0.2) is 4.98 Å². The third-order valence-electron chi connectivity index (χ3n) is 6.13. The van der Waals surface area contributed by atoms with Crippen molar-refractivity contribution in [1.29, 1.82) is 0 Å². The van der Waals surface area contributed by atoms with E-state index in [-0.39, 0.29) is 12.3 Å². The molecule has 1 aliphatic carbocycles. The quantitative estimate of drug-likeness (QED) is 0.709. The highest BCUT2D eigenvalue weighted by molar-refractivity contribution is 7.15. The normalized spacial score (nSPS) is 22.0.